The molecular formula is C19H21FN2O. The SMILES string of the molecule is Cc1cccc([C@H]2CCCN2C(=O)Nc2ccc(C)c(F)c2)c1. The van der Waals surface area contributed by atoms with E-state index >= 15 is 0 Å². The summed E-state index contributed by atoms with van der Waals surface area (Å²) in [6.45, 7) is 4.48. The normalized spacial score (nSPS) is 17.3. The van der Waals surface area contributed by atoms with Crippen LogP contribution < -0.4 is 5.32 Å². The Morgan fingerprint density at radius 2 is 2.04 bits per heavy atom. The van der Waals surface area contributed by atoms with Gasteiger partial charge in [0.2, 0.25) is 0 Å². The number of urea groups is 1. The molecule has 0 unspecified atom stereocenters. The van der Waals surface area contributed by atoms with Crippen molar-refractivity contribution in [3.8, 4) is 0 Å². The van der Waals surface area contributed by atoms with Crippen molar-refractivity contribution in [2.24, 2.45) is 0 Å². The van der Waals surface area contributed by atoms with E-state index in [-0.39, 0.29) is 17.9 Å². The molecule has 1 aliphatic rings. The van der Waals surface area contributed by atoms with E-state index in [1.165, 1.54) is 11.6 Å². The predicted octanol–water partition coefficient (Wildman–Crippen LogP) is 4.81. The quantitative estimate of drug-likeness (QED) is 0.848. The number of nitrogens with zero attached hydrogens (tertiary/aromatic N) is 1. The molecule has 1 heterocycles. The zero-order valence-corrected chi connectivity index (χ0v) is 13.5. The van der Waals surface area contributed by atoms with Gasteiger partial charge in [-0.25, -0.2) is 9.18 Å². The Morgan fingerprint density at radius 3 is 2.78 bits per heavy atom. The molecule has 3 rings (SSSR count). The zero-order valence-electron chi connectivity index (χ0n) is 13.5. The minimum absolute atomic E-state index is 0.0881. The topological polar surface area (TPSA) is 32.3 Å². The van der Waals surface area contributed by atoms with Gasteiger partial charge in [0.05, 0.1) is 6.04 Å². The fourth-order valence-electron chi connectivity index (χ4n) is 3.10. The van der Waals surface area contributed by atoms with E-state index in [2.05, 4.69) is 30.4 Å². The lowest BCUT2D eigenvalue weighted by Crippen LogP contribution is -2.34. The number of likely N-dealkylation sites (tertiary alicyclic amines) is 1. The van der Waals surface area contributed by atoms with Crippen LogP contribution in [0, 0.1) is 19.7 Å². The molecule has 4 heteroatoms. The number of hydrogen-bond donors (Lipinski definition) is 1. The molecule has 2 amide bonds. The summed E-state index contributed by atoms with van der Waals surface area (Å²) in [6.07, 6.45) is 1.94. The van der Waals surface area contributed by atoms with Gasteiger partial charge in [0, 0.05) is 12.2 Å². The molecule has 3 nitrogen and oxygen atoms in total. The Bertz CT molecular complexity index is 729. The molecule has 0 bridgehead atoms. The smallest absolute Gasteiger partial charge is 0.317 e. The van der Waals surface area contributed by atoms with E-state index in [0.29, 0.717) is 11.3 Å². The highest BCUT2D eigenvalue weighted by Crippen LogP contribution is 2.32. The molecule has 0 aliphatic carbocycles. The maximum absolute atomic E-state index is 13.6. The van der Waals surface area contributed by atoms with Crippen LogP contribution in [0.25, 0.3) is 0 Å². The van der Waals surface area contributed by atoms with Crippen LogP contribution in [0.15, 0.2) is 42.5 Å². The van der Waals surface area contributed by atoms with Crippen molar-refractivity contribution in [1.82, 2.24) is 4.90 Å². The molecule has 23 heavy (non-hydrogen) atoms. The van der Waals surface area contributed by atoms with Gasteiger partial charge in [-0.2, -0.15) is 0 Å². The molecule has 1 N–H and O–H groups in total. The van der Waals surface area contributed by atoms with E-state index in [0.717, 1.165) is 24.9 Å². The van der Waals surface area contributed by atoms with E-state index < -0.39 is 0 Å². The van der Waals surface area contributed by atoms with E-state index in [4.69, 9.17) is 0 Å². The van der Waals surface area contributed by atoms with Crippen molar-refractivity contribution < 1.29 is 9.18 Å². The molecule has 0 radical (unpaired) electrons. The third-order valence-corrected chi connectivity index (χ3v) is 4.36. The van der Waals surface area contributed by atoms with E-state index in [9.17, 15) is 9.18 Å². The highest BCUT2D eigenvalue weighted by Gasteiger charge is 2.30. The monoisotopic (exact) mass is 312 g/mol. The van der Waals surface area contributed by atoms with E-state index in [1.807, 2.05) is 11.0 Å². The van der Waals surface area contributed by atoms with Crippen molar-refractivity contribution >= 4 is 11.7 Å². The molecule has 120 valence electrons. The van der Waals surface area contributed by atoms with Crippen LogP contribution in [0.1, 0.15) is 35.6 Å². The summed E-state index contributed by atoms with van der Waals surface area (Å²) in [5.74, 6) is -0.306. The largest absolute Gasteiger partial charge is 0.322 e. The number of hydrogen-bond acceptors (Lipinski definition) is 1. The third kappa shape index (κ3) is 3.36. The summed E-state index contributed by atoms with van der Waals surface area (Å²) in [4.78, 5) is 14.4. The van der Waals surface area contributed by atoms with Gasteiger partial charge in [-0.05, 0) is 49.9 Å². The number of aryl methyl sites for hydroxylation is 2. The molecule has 1 aliphatic heterocycles. The van der Waals surface area contributed by atoms with Gasteiger partial charge in [0.1, 0.15) is 5.82 Å². The standard InChI is InChI=1S/C19H21FN2O/c1-13-5-3-6-15(11-13)18-7-4-10-22(18)19(23)21-16-9-8-14(2)17(20)12-16/h3,5-6,8-9,11-12,18H,4,7,10H2,1-2H3,(H,21,23)/t18-/m1/s1. The summed E-state index contributed by atoms with van der Waals surface area (Å²) >= 11 is 0. The predicted molar refractivity (Wildman–Crippen MR) is 90.0 cm³/mol. The number of carbonyl (C=O) groups is 1. The van der Waals surface area contributed by atoms with Crippen LogP contribution in [0.4, 0.5) is 14.9 Å². The molecule has 0 spiro atoms. The minimum atomic E-state index is -0.306. The van der Waals surface area contributed by atoms with Crippen molar-refractivity contribution in [3.05, 3.63) is 65.0 Å². The first-order valence-electron chi connectivity index (χ1n) is 7.95. The Hall–Kier alpha value is -2.36. The number of anilines is 1. The second-order valence-electron chi connectivity index (χ2n) is 6.16. The van der Waals surface area contributed by atoms with Crippen LogP contribution in [0.2, 0.25) is 0 Å². The summed E-state index contributed by atoms with van der Waals surface area (Å²) in [5, 5.41) is 2.81. The van der Waals surface area contributed by atoms with Gasteiger partial charge in [-0.3, -0.25) is 0 Å². The first-order valence-corrected chi connectivity index (χ1v) is 7.95. The number of benzene rings is 2. The molecule has 0 aromatic heterocycles. The number of amides is 2. The van der Waals surface area contributed by atoms with Crippen LogP contribution in [-0.4, -0.2) is 17.5 Å². The number of halogens is 1. The van der Waals surface area contributed by atoms with Gasteiger partial charge in [-0.15, -0.1) is 0 Å². The van der Waals surface area contributed by atoms with Gasteiger partial charge in [0.15, 0.2) is 0 Å². The van der Waals surface area contributed by atoms with Crippen LogP contribution in [0.5, 0.6) is 0 Å². The average molecular weight is 312 g/mol. The van der Waals surface area contributed by atoms with Crippen molar-refractivity contribution in [2.45, 2.75) is 32.7 Å². The number of carbonyl (C=O) groups excluding carboxylic acids is 1. The van der Waals surface area contributed by atoms with Crippen LogP contribution in [0.3, 0.4) is 0 Å². The summed E-state index contributed by atoms with van der Waals surface area (Å²) in [5.41, 5.74) is 3.41. The minimum Gasteiger partial charge on any atom is -0.317 e. The lowest BCUT2D eigenvalue weighted by molar-refractivity contribution is 0.207. The van der Waals surface area contributed by atoms with Gasteiger partial charge in [0.25, 0.3) is 0 Å². The first kappa shape index (κ1) is 15.5. The lowest BCUT2D eigenvalue weighted by atomic mass is 10.0. The molecule has 2 aromatic rings. The molecular weight excluding hydrogens is 291 g/mol. The average Bonchev–Trinajstić information content (AvgIpc) is 3.00. The van der Waals surface area contributed by atoms with Crippen molar-refractivity contribution in [3.63, 3.8) is 0 Å². The van der Waals surface area contributed by atoms with Crippen molar-refractivity contribution in [2.75, 3.05) is 11.9 Å². The Balaban J connectivity index is 1.76. The Labute approximate surface area is 136 Å². The summed E-state index contributed by atoms with van der Waals surface area (Å²) < 4.78 is 13.6. The zero-order chi connectivity index (χ0) is 16.4. The highest BCUT2D eigenvalue weighted by atomic mass is 19.1. The number of rotatable bonds is 2. The fourth-order valence-corrected chi connectivity index (χ4v) is 3.10. The van der Waals surface area contributed by atoms with Crippen LogP contribution >= 0.6 is 0 Å². The molecule has 1 saturated heterocycles. The Kier molecular flexibility index (Phi) is 4.33. The second kappa shape index (κ2) is 6.41. The maximum atomic E-state index is 13.6. The van der Waals surface area contributed by atoms with Crippen LogP contribution in [-0.2, 0) is 0 Å². The molecule has 0 saturated carbocycles. The Morgan fingerprint density at radius 1 is 1.22 bits per heavy atom. The van der Waals surface area contributed by atoms with Gasteiger partial charge in [-0.1, -0.05) is 35.9 Å². The molecule has 1 fully saturated rings. The second-order valence-corrected chi connectivity index (χ2v) is 6.16. The summed E-state index contributed by atoms with van der Waals surface area (Å²) in [7, 11) is 0. The molecule has 2 aromatic carbocycles. The lowest BCUT2D eigenvalue weighted by Gasteiger charge is -2.25. The maximum Gasteiger partial charge on any atom is 0.322 e. The highest BCUT2D eigenvalue weighted by molar-refractivity contribution is 5.89. The third-order valence-electron chi connectivity index (χ3n) is 4.36. The van der Waals surface area contributed by atoms with Gasteiger partial charge >= 0.3 is 6.03 Å². The van der Waals surface area contributed by atoms with Gasteiger partial charge < -0.3 is 10.2 Å². The van der Waals surface area contributed by atoms with Crippen molar-refractivity contribution in [1.29, 1.82) is 0 Å². The van der Waals surface area contributed by atoms with E-state index in [1.54, 1.807) is 19.1 Å². The fraction of sp³-hybridized carbons (Fsp3) is 0.316. The summed E-state index contributed by atoms with van der Waals surface area (Å²) in [6, 6.07) is 13.0. The molecule has 1 atom stereocenters. The first-order chi connectivity index (χ1) is 11.0. The number of nitrogens with one attached hydrogen (secondary N) is 1.